The number of H-pyrrole nitrogens is 1. The number of aryl methyl sites for hydroxylation is 1. The summed E-state index contributed by atoms with van der Waals surface area (Å²) in [6, 6.07) is 10.7. The van der Waals surface area contributed by atoms with Crippen LogP contribution in [0, 0.1) is 0 Å². The molecule has 4 rings (SSSR count). The van der Waals surface area contributed by atoms with Gasteiger partial charge < -0.3 is 10.2 Å². The summed E-state index contributed by atoms with van der Waals surface area (Å²) in [5.41, 5.74) is 1.64. The van der Waals surface area contributed by atoms with Crippen molar-refractivity contribution in [3.8, 4) is 0 Å². The summed E-state index contributed by atoms with van der Waals surface area (Å²) in [4.78, 5) is 39.1. The number of likely N-dealkylation sites (tertiary alicyclic amines) is 1. The van der Waals surface area contributed by atoms with Crippen molar-refractivity contribution in [2.24, 2.45) is 0 Å². The van der Waals surface area contributed by atoms with Crippen LogP contribution in [-0.2, 0) is 21.4 Å². The molecule has 2 aromatic rings. The van der Waals surface area contributed by atoms with E-state index in [1.54, 1.807) is 6.07 Å². The third kappa shape index (κ3) is 2.91. The molecule has 2 aliphatic rings. The summed E-state index contributed by atoms with van der Waals surface area (Å²) in [5, 5.41) is 9.39. The van der Waals surface area contributed by atoms with Gasteiger partial charge in [0.15, 0.2) is 0 Å². The van der Waals surface area contributed by atoms with Crippen molar-refractivity contribution < 1.29 is 9.59 Å². The van der Waals surface area contributed by atoms with Gasteiger partial charge in [-0.2, -0.15) is 5.10 Å². The first-order valence-electron chi connectivity index (χ1n) is 9.81. The van der Waals surface area contributed by atoms with Gasteiger partial charge in [-0.05, 0) is 30.5 Å². The Hall–Kier alpha value is -2.96. The predicted octanol–water partition coefficient (Wildman–Crippen LogP) is 1.99. The molecular weight excluding hydrogens is 356 g/mol. The summed E-state index contributed by atoms with van der Waals surface area (Å²) in [5.74, 6) is 0.0326. The maximum absolute atomic E-state index is 13.0. The van der Waals surface area contributed by atoms with E-state index in [9.17, 15) is 14.4 Å². The summed E-state index contributed by atoms with van der Waals surface area (Å²) >= 11 is 0. The molecule has 0 bridgehead atoms. The van der Waals surface area contributed by atoms with Crippen LogP contribution < -0.4 is 10.9 Å². The zero-order chi connectivity index (χ0) is 19.7. The number of benzene rings is 1. The number of aromatic amines is 1. The molecule has 2 amide bonds. The van der Waals surface area contributed by atoms with Gasteiger partial charge in [-0.3, -0.25) is 14.4 Å². The summed E-state index contributed by atoms with van der Waals surface area (Å²) in [6.07, 6.45) is 3.08. The largest absolute Gasteiger partial charge is 0.338 e. The zero-order valence-electron chi connectivity index (χ0n) is 15.9. The van der Waals surface area contributed by atoms with Crippen LogP contribution in [-0.4, -0.2) is 39.5 Å². The molecular formula is C21H24N4O3. The van der Waals surface area contributed by atoms with E-state index in [0.717, 1.165) is 24.1 Å². The van der Waals surface area contributed by atoms with Crippen LogP contribution in [0.2, 0.25) is 0 Å². The van der Waals surface area contributed by atoms with Crippen LogP contribution >= 0.6 is 0 Å². The number of fused-ring (bicyclic) bond motifs is 2. The molecule has 1 aromatic heterocycles. The lowest BCUT2D eigenvalue weighted by atomic mass is 9.73. The Bertz CT molecular complexity index is 950. The van der Waals surface area contributed by atoms with E-state index in [2.05, 4.69) is 22.4 Å². The zero-order valence-corrected chi connectivity index (χ0v) is 15.9. The van der Waals surface area contributed by atoms with Gasteiger partial charge in [0.25, 0.3) is 5.56 Å². The number of aromatic nitrogens is 2. The molecule has 2 atom stereocenters. The average Bonchev–Trinajstić information content (AvgIpc) is 3.21. The standard InChI is InChI=1S/C21H24N4O3/c1-2-5-17-21(15-6-3-4-7-16(15)22-20(21)28)12-13-25(17)19(27)11-9-14-8-10-18(26)24-23-14/h3-4,6-8,10,17H,2,5,9,11-13H2,1H3,(H,22,28)(H,24,26)/t17-,21-/m0/s1. The van der Waals surface area contributed by atoms with Crippen LogP contribution in [0.25, 0.3) is 0 Å². The third-order valence-electron chi connectivity index (χ3n) is 5.97. The Balaban J connectivity index is 1.57. The summed E-state index contributed by atoms with van der Waals surface area (Å²) in [6.45, 7) is 2.65. The lowest BCUT2D eigenvalue weighted by Crippen LogP contribution is -2.48. The molecule has 2 N–H and O–H groups in total. The van der Waals surface area contributed by atoms with E-state index in [0.29, 0.717) is 31.5 Å². The van der Waals surface area contributed by atoms with E-state index in [4.69, 9.17) is 0 Å². The van der Waals surface area contributed by atoms with Gasteiger partial charge in [0.2, 0.25) is 11.8 Å². The number of para-hydroxylation sites is 1. The lowest BCUT2D eigenvalue weighted by Gasteiger charge is -2.34. The number of amides is 2. The minimum atomic E-state index is -0.654. The maximum Gasteiger partial charge on any atom is 0.264 e. The van der Waals surface area contributed by atoms with Gasteiger partial charge in [0, 0.05) is 31.1 Å². The Morgan fingerprint density at radius 3 is 2.82 bits per heavy atom. The van der Waals surface area contributed by atoms with Gasteiger partial charge in [0.1, 0.15) is 0 Å². The molecule has 0 saturated carbocycles. The Labute approximate surface area is 163 Å². The van der Waals surface area contributed by atoms with Crippen molar-refractivity contribution in [2.45, 2.75) is 50.5 Å². The topological polar surface area (TPSA) is 95.2 Å². The van der Waals surface area contributed by atoms with Gasteiger partial charge in [-0.25, -0.2) is 5.10 Å². The SMILES string of the molecule is CCC[C@@H]1N(C(=O)CCc2ccc(=O)[nH]n2)CC[C@@]12C(=O)Nc1ccccc12. The maximum atomic E-state index is 13.0. The number of hydrogen-bond donors (Lipinski definition) is 2. The molecule has 1 aromatic carbocycles. The first-order valence-corrected chi connectivity index (χ1v) is 9.81. The van der Waals surface area contributed by atoms with E-state index in [-0.39, 0.29) is 23.4 Å². The average molecular weight is 380 g/mol. The monoisotopic (exact) mass is 380 g/mol. The highest BCUT2D eigenvalue weighted by atomic mass is 16.2. The van der Waals surface area contributed by atoms with Crippen LogP contribution in [0.3, 0.4) is 0 Å². The summed E-state index contributed by atoms with van der Waals surface area (Å²) < 4.78 is 0. The predicted molar refractivity (Wildman–Crippen MR) is 105 cm³/mol. The van der Waals surface area contributed by atoms with E-state index in [1.807, 2.05) is 29.2 Å². The number of nitrogens with zero attached hydrogens (tertiary/aromatic N) is 2. The molecule has 7 heteroatoms. The lowest BCUT2D eigenvalue weighted by molar-refractivity contribution is -0.133. The first kappa shape index (κ1) is 18.4. The molecule has 28 heavy (non-hydrogen) atoms. The van der Waals surface area contributed by atoms with Crippen molar-refractivity contribution in [2.75, 3.05) is 11.9 Å². The minimum Gasteiger partial charge on any atom is -0.338 e. The smallest absolute Gasteiger partial charge is 0.264 e. The highest BCUT2D eigenvalue weighted by molar-refractivity contribution is 6.07. The number of nitrogens with one attached hydrogen (secondary N) is 2. The number of anilines is 1. The van der Waals surface area contributed by atoms with E-state index < -0.39 is 5.41 Å². The second-order valence-electron chi connectivity index (χ2n) is 7.53. The second-order valence-corrected chi connectivity index (χ2v) is 7.53. The number of carbonyl (C=O) groups is 2. The molecule has 1 saturated heterocycles. The number of rotatable bonds is 5. The minimum absolute atomic E-state index is 0.00440. The quantitative estimate of drug-likeness (QED) is 0.829. The Kier molecular flexibility index (Phi) is 4.75. The van der Waals surface area contributed by atoms with E-state index >= 15 is 0 Å². The molecule has 2 aliphatic heterocycles. The number of carbonyl (C=O) groups excluding carboxylic acids is 2. The molecule has 0 aliphatic carbocycles. The highest BCUT2D eigenvalue weighted by Crippen LogP contribution is 2.49. The second kappa shape index (κ2) is 7.22. The van der Waals surface area contributed by atoms with Gasteiger partial charge in [-0.15, -0.1) is 0 Å². The van der Waals surface area contributed by atoms with Crippen LogP contribution in [0.5, 0.6) is 0 Å². The van der Waals surface area contributed by atoms with Crippen molar-refractivity contribution in [3.05, 3.63) is 58.0 Å². The molecule has 1 spiro atoms. The third-order valence-corrected chi connectivity index (χ3v) is 5.97. The molecule has 0 radical (unpaired) electrons. The Morgan fingerprint density at radius 1 is 1.25 bits per heavy atom. The van der Waals surface area contributed by atoms with Crippen LogP contribution in [0.15, 0.2) is 41.2 Å². The van der Waals surface area contributed by atoms with Crippen molar-refractivity contribution in [3.63, 3.8) is 0 Å². The summed E-state index contributed by atoms with van der Waals surface area (Å²) in [7, 11) is 0. The van der Waals surface area contributed by atoms with Crippen molar-refractivity contribution in [1.82, 2.24) is 15.1 Å². The van der Waals surface area contributed by atoms with Gasteiger partial charge >= 0.3 is 0 Å². The van der Waals surface area contributed by atoms with Crippen molar-refractivity contribution >= 4 is 17.5 Å². The van der Waals surface area contributed by atoms with Gasteiger partial charge in [-0.1, -0.05) is 31.5 Å². The number of hydrogen-bond acceptors (Lipinski definition) is 4. The van der Waals surface area contributed by atoms with E-state index in [1.165, 1.54) is 6.07 Å². The van der Waals surface area contributed by atoms with Crippen LogP contribution in [0.4, 0.5) is 5.69 Å². The Morgan fingerprint density at radius 2 is 2.07 bits per heavy atom. The fourth-order valence-corrected chi connectivity index (χ4v) is 4.67. The molecule has 3 heterocycles. The van der Waals surface area contributed by atoms with Gasteiger partial charge in [0.05, 0.1) is 17.2 Å². The molecule has 7 nitrogen and oxygen atoms in total. The highest BCUT2D eigenvalue weighted by Gasteiger charge is 2.58. The normalized spacial score (nSPS) is 23.1. The molecule has 0 unspecified atom stereocenters. The molecule has 146 valence electrons. The van der Waals surface area contributed by atoms with Crippen molar-refractivity contribution in [1.29, 1.82) is 0 Å². The van der Waals surface area contributed by atoms with Crippen LogP contribution in [0.1, 0.15) is 43.9 Å². The molecule has 1 fully saturated rings. The fraction of sp³-hybridized carbons (Fsp3) is 0.429. The fourth-order valence-electron chi connectivity index (χ4n) is 4.67. The first-order chi connectivity index (χ1) is 13.6.